The summed E-state index contributed by atoms with van der Waals surface area (Å²) < 4.78 is 0. The fourth-order valence-corrected chi connectivity index (χ4v) is 2.48. The molecule has 22 heavy (non-hydrogen) atoms. The van der Waals surface area contributed by atoms with E-state index in [0.717, 1.165) is 6.42 Å². The van der Waals surface area contributed by atoms with E-state index in [4.69, 9.17) is 5.73 Å². The number of primary amides is 1. The summed E-state index contributed by atoms with van der Waals surface area (Å²) in [7, 11) is 0. The lowest BCUT2D eigenvalue weighted by molar-refractivity contribution is -0.137. The lowest BCUT2D eigenvalue weighted by Gasteiger charge is -2.22. The zero-order valence-electron chi connectivity index (χ0n) is 12.2. The molecule has 1 atom stereocenters. The number of carbonyl (C=O) groups is 3. The number of urea groups is 1. The Morgan fingerprint density at radius 1 is 1.23 bits per heavy atom. The van der Waals surface area contributed by atoms with Gasteiger partial charge in [0.1, 0.15) is 6.04 Å². The Hall–Kier alpha value is -2.57. The van der Waals surface area contributed by atoms with Crippen LogP contribution in [0.5, 0.6) is 0 Å². The molecule has 1 unspecified atom stereocenters. The van der Waals surface area contributed by atoms with Crippen LogP contribution in [0.1, 0.15) is 19.3 Å². The Morgan fingerprint density at radius 2 is 1.95 bits per heavy atom. The zero-order chi connectivity index (χ0) is 15.9. The van der Waals surface area contributed by atoms with Gasteiger partial charge in [-0.05, 0) is 25.0 Å². The highest BCUT2D eigenvalue weighted by Crippen LogP contribution is 2.17. The van der Waals surface area contributed by atoms with Gasteiger partial charge in [0.05, 0.1) is 0 Å². The molecule has 1 heterocycles. The zero-order valence-corrected chi connectivity index (χ0v) is 12.2. The van der Waals surface area contributed by atoms with Crippen molar-refractivity contribution in [3.05, 3.63) is 30.3 Å². The van der Waals surface area contributed by atoms with Crippen molar-refractivity contribution in [2.75, 3.05) is 18.4 Å². The molecule has 0 spiro atoms. The number of amides is 4. The van der Waals surface area contributed by atoms with Gasteiger partial charge >= 0.3 is 6.03 Å². The number of carbonyl (C=O) groups excluding carboxylic acids is 3. The molecule has 4 N–H and O–H groups in total. The largest absolute Gasteiger partial charge is 0.368 e. The van der Waals surface area contributed by atoms with Crippen molar-refractivity contribution >= 4 is 23.5 Å². The van der Waals surface area contributed by atoms with Gasteiger partial charge in [-0.1, -0.05) is 18.2 Å². The fraction of sp³-hybridized carbons (Fsp3) is 0.400. The second-order valence-corrected chi connectivity index (χ2v) is 5.14. The lowest BCUT2D eigenvalue weighted by atomic mass is 10.2. The first-order valence-corrected chi connectivity index (χ1v) is 7.26. The average Bonchev–Trinajstić information content (AvgIpc) is 2.98. The van der Waals surface area contributed by atoms with Crippen LogP contribution in [0.3, 0.4) is 0 Å². The lowest BCUT2D eigenvalue weighted by Crippen LogP contribution is -2.44. The minimum atomic E-state index is -0.509. The number of hydrogen-bond acceptors (Lipinski definition) is 3. The molecule has 1 aliphatic heterocycles. The molecule has 1 aromatic rings. The van der Waals surface area contributed by atoms with Crippen molar-refractivity contribution in [2.24, 2.45) is 5.73 Å². The molecule has 0 aromatic heterocycles. The molecule has 0 aliphatic carbocycles. The van der Waals surface area contributed by atoms with E-state index in [1.807, 2.05) is 18.2 Å². The van der Waals surface area contributed by atoms with Crippen molar-refractivity contribution in [1.82, 2.24) is 10.2 Å². The molecule has 0 radical (unpaired) electrons. The van der Waals surface area contributed by atoms with E-state index in [9.17, 15) is 14.4 Å². The van der Waals surface area contributed by atoms with E-state index < -0.39 is 11.9 Å². The molecule has 0 bridgehead atoms. The summed E-state index contributed by atoms with van der Waals surface area (Å²) in [6.07, 6.45) is 1.54. The molecule has 7 heteroatoms. The highest BCUT2D eigenvalue weighted by Gasteiger charge is 2.32. The van der Waals surface area contributed by atoms with Crippen LogP contribution in [-0.2, 0) is 9.59 Å². The summed E-state index contributed by atoms with van der Waals surface area (Å²) >= 11 is 0. The third kappa shape index (κ3) is 4.21. The van der Waals surface area contributed by atoms with Gasteiger partial charge in [-0.25, -0.2) is 4.79 Å². The van der Waals surface area contributed by atoms with Crippen molar-refractivity contribution in [2.45, 2.75) is 25.3 Å². The molecule has 4 amide bonds. The monoisotopic (exact) mass is 304 g/mol. The first-order valence-electron chi connectivity index (χ1n) is 7.26. The number of hydrogen-bond donors (Lipinski definition) is 3. The Balaban J connectivity index is 1.73. The van der Waals surface area contributed by atoms with E-state index in [0.29, 0.717) is 18.7 Å². The van der Waals surface area contributed by atoms with Gasteiger partial charge in [0.15, 0.2) is 0 Å². The van der Waals surface area contributed by atoms with Crippen LogP contribution in [0.15, 0.2) is 30.3 Å². The minimum Gasteiger partial charge on any atom is -0.368 e. The maximum atomic E-state index is 12.0. The molecule has 1 aromatic carbocycles. The van der Waals surface area contributed by atoms with Crippen LogP contribution in [-0.4, -0.2) is 41.9 Å². The van der Waals surface area contributed by atoms with E-state index in [1.54, 1.807) is 12.1 Å². The van der Waals surface area contributed by atoms with E-state index in [2.05, 4.69) is 10.6 Å². The Labute approximate surface area is 128 Å². The highest BCUT2D eigenvalue weighted by molar-refractivity contribution is 5.90. The first kappa shape index (κ1) is 15.8. The van der Waals surface area contributed by atoms with Gasteiger partial charge in [-0.3, -0.25) is 9.59 Å². The van der Waals surface area contributed by atoms with Gasteiger partial charge in [0.25, 0.3) is 0 Å². The van der Waals surface area contributed by atoms with Crippen LogP contribution in [0, 0.1) is 0 Å². The molecule has 1 aliphatic rings. The van der Waals surface area contributed by atoms with E-state index in [1.165, 1.54) is 4.90 Å². The SMILES string of the molecule is NC(=O)C1CCCN1C(=O)CCNC(=O)Nc1ccccc1. The topological polar surface area (TPSA) is 105 Å². The van der Waals surface area contributed by atoms with Crippen molar-refractivity contribution in [1.29, 1.82) is 0 Å². The smallest absolute Gasteiger partial charge is 0.319 e. The summed E-state index contributed by atoms with van der Waals surface area (Å²) in [5, 5.41) is 5.28. The van der Waals surface area contributed by atoms with E-state index >= 15 is 0 Å². The van der Waals surface area contributed by atoms with Crippen LogP contribution in [0.4, 0.5) is 10.5 Å². The second-order valence-electron chi connectivity index (χ2n) is 5.14. The van der Waals surface area contributed by atoms with Gasteiger partial charge < -0.3 is 21.3 Å². The average molecular weight is 304 g/mol. The highest BCUT2D eigenvalue weighted by atomic mass is 16.2. The first-order chi connectivity index (χ1) is 10.6. The number of benzene rings is 1. The van der Waals surface area contributed by atoms with Crippen molar-refractivity contribution in [3.8, 4) is 0 Å². The van der Waals surface area contributed by atoms with Gasteiger partial charge in [0.2, 0.25) is 11.8 Å². The fourth-order valence-electron chi connectivity index (χ4n) is 2.48. The van der Waals surface area contributed by atoms with Crippen LogP contribution >= 0.6 is 0 Å². The molecule has 1 fully saturated rings. The normalized spacial score (nSPS) is 17.1. The Morgan fingerprint density at radius 3 is 2.64 bits per heavy atom. The van der Waals surface area contributed by atoms with Gasteiger partial charge in [0, 0.05) is 25.2 Å². The van der Waals surface area contributed by atoms with Gasteiger partial charge in [-0.2, -0.15) is 0 Å². The molecule has 2 rings (SSSR count). The maximum absolute atomic E-state index is 12.0. The third-order valence-electron chi connectivity index (χ3n) is 3.56. The minimum absolute atomic E-state index is 0.145. The number of anilines is 1. The summed E-state index contributed by atoms with van der Waals surface area (Å²) in [4.78, 5) is 36.5. The molecular weight excluding hydrogens is 284 g/mol. The van der Waals surface area contributed by atoms with Crippen LogP contribution < -0.4 is 16.4 Å². The quantitative estimate of drug-likeness (QED) is 0.744. The summed E-state index contributed by atoms with van der Waals surface area (Å²) in [6, 6.07) is 8.15. The summed E-state index contributed by atoms with van der Waals surface area (Å²) in [6.45, 7) is 0.752. The standard InChI is InChI=1S/C15H20N4O3/c16-14(21)12-7-4-10-19(12)13(20)8-9-17-15(22)18-11-5-2-1-3-6-11/h1-3,5-6,12H,4,7-10H2,(H2,16,21)(H2,17,18,22). The number of para-hydroxylation sites is 1. The second kappa shape index (κ2) is 7.44. The number of rotatable bonds is 5. The molecule has 118 valence electrons. The van der Waals surface area contributed by atoms with Crippen LogP contribution in [0.25, 0.3) is 0 Å². The number of nitrogens with zero attached hydrogens (tertiary/aromatic N) is 1. The number of nitrogens with one attached hydrogen (secondary N) is 2. The Kier molecular flexibility index (Phi) is 5.35. The predicted octanol–water partition coefficient (Wildman–Crippen LogP) is 0.674. The van der Waals surface area contributed by atoms with Crippen molar-refractivity contribution < 1.29 is 14.4 Å². The summed E-state index contributed by atoms with van der Waals surface area (Å²) in [5.41, 5.74) is 5.96. The molecule has 1 saturated heterocycles. The number of likely N-dealkylation sites (tertiary alicyclic amines) is 1. The summed E-state index contributed by atoms with van der Waals surface area (Å²) in [5.74, 6) is -0.637. The molecule has 0 saturated carbocycles. The van der Waals surface area contributed by atoms with Gasteiger partial charge in [-0.15, -0.1) is 0 Å². The van der Waals surface area contributed by atoms with Crippen LogP contribution in [0.2, 0.25) is 0 Å². The number of nitrogens with two attached hydrogens (primary N) is 1. The maximum Gasteiger partial charge on any atom is 0.319 e. The molecule has 7 nitrogen and oxygen atoms in total. The predicted molar refractivity (Wildman–Crippen MR) is 82.0 cm³/mol. The molecular formula is C15H20N4O3. The third-order valence-corrected chi connectivity index (χ3v) is 3.56. The van der Waals surface area contributed by atoms with E-state index in [-0.39, 0.29) is 24.9 Å². The van der Waals surface area contributed by atoms with Crippen molar-refractivity contribution in [3.63, 3.8) is 0 Å². The Bertz CT molecular complexity index is 547.